The summed E-state index contributed by atoms with van der Waals surface area (Å²) in [6.07, 6.45) is 4.37. The van der Waals surface area contributed by atoms with Gasteiger partial charge in [-0.15, -0.1) is 0 Å². The molecule has 20 heavy (non-hydrogen) atoms. The topological polar surface area (TPSA) is 76.2 Å². The summed E-state index contributed by atoms with van der Waals surface area (Å²) >= 11 is 0. The molecule has 104 valence electrons. The van der Waals surface area contributed by atoms with E-state index in [-0.39, 0.29) is 0 Å². The number of guanidine groups is 1. The van der Waals surface area contributed by atoms with Crippen LogP contribution in [-0.4, -0.2) is 22.5 Å². The Morgan fingerprint density at radius 1 is 1.20 bits per heavy atom. The van der Waals surface area contributed by atoms with Gasteiger partial charge < -0.3 is 11.1 Å². The second-order valence-electron chi connectivity index (χ2n) is 4.47. The van der Waals surface area contributed by atoms with Crippen molar-refractivity contribution >= 4 is 5.96 Å². The van der Waals surface area contributed by atoms with Gasteiger partial charge in [0.1, 0.15) is 0 Å². The zero-order valence-corrected chi connectivity index (χ0v) is 11.6. The third-order valence-corrected chi connectivity index (χ3v) is 2.93. The van der Waals surface area contributed by atoms with Crippen LogP contribution < -0.4 is 11.1 Å². The third kappa shape index (κ3) is 4.35. The van der Waals surface area contributed by atoms with Crippen molar-refractivity contribution in [2.24, 2.45) is 10.7 Å². The lowest BCUT2D eigenvalue weighted by molar-refractivity contribution is 0.824. The number of nitrogens with two attached hydrogens (primary N) is 1. The highest BCUT2D eigenvalue weighted by atomic mass is 15.1. The van der Waals surface area contributed by atoms with E-state index in [0.29, 0.717) is 19.0 Å². The number of aromatic nitrogens is 2. The molecule has 5 heteroatoms. The molecule has 0 unspecified atom stereocenters. The SMILES string of the molecule is Cc1cccnc1CN=C(N)NCCc1ccccn1. The van der Waals surface area contributed by atoms with Gasteiger partial charge in [-0.25, -0.2) is 4.99 Å². The number of aryl methyl sites for hydroxylation is 1. The fraction of sp³-hybridized carbons (Fsp3) is 0.267. The minimum atomic E-state index is 0.436. The third-order valence-electron chi connectivity index (χ3n) is 2.93. The molecule has 2 aromatic heterocycles. The number of hydrogen-bond donors (Lipinski definition) is 2. The largest absolute Gasteiger partial charge is 0.370 e. The molecule has 5 nitrogen and oxygen atoms in total. The van der Waals surface area contributed by atoms with E-state index in [1.807, 2.05) is 37.3 Å². The zero-order chi connectivity index (χ0) is 14.2. The number of hydrogen-bond acceptors (Lipinski definition) is 3. The highest BCUT2D eigenvalue weighted by Gasteiger charge is 1.98. The van der Waals surface area contributed by atoms with Gasteiger partial charge in [0.25, 0.3) is 0 Å². The van der Waals surface area contributed by atoms with Crippen molar-refractivity contribution < 1.29 is 0 Å². The van der Waals surface area contributed by atoms with E-state index in [9.17, 15) is 0 Å². The molecule has 0 fully saturated rings. The van der Waals surface area contributed by atoms with Gasteiger partial charge in [0.2, 0.25) is 0 Å². The van der Waals surface area contributed by atoms with E-state index in [2.05, 4.69) is 20.3 Å². The molecule has 0 amide bonds. The first-order valence-corrected chi connectivity index (χ1v) is 6.60. The van der Waals surface area contributed by atoms with E-state index in [1.165, 1.54) is 0 Å². The average Bonchev–Trinajstić information content (AvgIpc) is 2.47. The van der Waals surface area contributed by atoms with Gasteiger partial charge in [-0.1, -0.05) is 12.1 Å². The monoisotopic (exact) mass is 269 g/mol. The first kappa shape index (κ1) is 14.0. The molecule has 2 aromatic rings. The molecule has 2 rings (SSSR count). The summed E-state index contributed by atoms with van der Waals surface area (Å²) in [4.78, 5) is 12.8. The Labute approximate surface area is 119 Å². The van der Waals surface area contributed by atoms with E-state index in [4.69, 9.17) is 5.73 Å². The summed E-state index contributed by atoms with van der Waals surface area (Å²) in [6.45, 7) is 3.23. The highest BCUT2D eigenvalue weighted by Crippen LogP contribution is 2.03. The standard InChI is InChI=1S/C15H19N5/c1-12-5-4-9-18-14(12)11-20-15(16)19-10-7-13-6-2-3-8-17-13/h2-6,8-9H,7,10-11H2,1H3,(H3,16,19,20). The normalized spacial score (nSPS) is 11.3. The Balaban J connectivity index is 1.79. The first-order chi connectivity index (χ1) is 9.75. The number of pyridine rings is 2. The van der Waals surface area contributed by atoms with Crippen molar-refractivity contribution in [2.45, 2.75) is 19.9 Å². The van der Waals surface area contributed by atoms with Crippen LogP contribution in [0, 0.1) is 6.92 Å². The lowest BCUT2D eigenvalue weighted by Gasteiger charge is -2.06. The summed E-state index contributed by atoms with van der Waals surface area (Å²) in [6, 6.07) is 9.80. The number of aliphatic imine (C=N–C) groups is 1. The van der Waals surface area contributed by atoms with Crippen LogP contribution in [0.1, 0.15) is 17.0 Å². The van der Waals surface area contributed by atoms with E-state index in [1.54, 1.807) is 12.4 Å². The van der Waals surface area contributed by atoms with E-state index >= 15 is 0 Å². The van der Waals surface area contributed by atoms with Crippen molar-refractivity contribution in [1.82, 2.24) is 15.3 Å². The molecule has 0 aliphatic rings. The van der Waals surface area contributed by atoms with Gasteiger partial charge in [0.15, 0.2) is 5.96 Å². The molecule has 2 heterocycles. The van der Waals surface area contributed by atoms with Gasteiger partial charge >= 0.3 is 0 Å². The summed E-state index contributed by atoms with van der Waals surface area (Å²) in [5.41, 5.74) is 8.93. The maximum atomic E-state index is 5.83. The lowest BCUT2D eigenvalue weighted by atomic mass is 10.2. The number of rotatable bonds is 5. The first-order valence-electron chi connectivity index (χ1n) is 6.60. The van der Waals surface area contributed by atoms with Gasteiger partial charge in [-0.05, 0) is 30.7 Å². The van der Waals surface area contributed by atoms with Gasteiger partial charge in [0.05, 0.1) is 12.2 Å². The minimum Gasteiger partial charge on any atom is -0.370 e. The predicted octanol–water partition coefficient (Wildman–Crippen LogP) is 1.43. The molecule has 0 saturated heterocycles. The Morgan fingerprint density at radius 3 is 2.80 bits per heavy atom. The second kappa shape index (κ2) is 7.23. The maximum Gasteiger partial charge on any atom is 0.188 e. The smallest absolute Gasteiger partial charge is 0.188 e. The molecule has 0 aromatic carbocycles. The van der Waals surface area contributed by atoms with Crippen molar-refractivity contribution in [1.29, 1.82) is 0 Å². The molecule has 0 aliphatic carbocycles. The molecule has 0 atom stereocenters. The average molecular weight is 269 g/mol. The van der Waals surface area contributed by atoms with Crippen molar-refractivity contribution in [3.63, 3.8) is 0 Å². The van der Waals surface area contributed by atoms with Crippen LogP contribution in [0.5, 0.6) is 0 Å². The molecule has 0 radical (unpaired) electrons. The van der Waals surface area contributed by atoms with Crippen molar-refractivity contribution in [2.75, 3.05) is 6.54 Å². The van der Waals surface area contributed by atoms with Crippen LogP contribution in [0.15, 0.2) is 47.7 Å². The zero-order valence-electron chi connectivity index (χ0n) is 11.6. The van der Waals surface area contributed by atoms with E-state index in [0.717, 1.165) is 23.4 Å². The van der Waals surface area contributed by atoms with Crippen LogP contribution >= 0.6 is 0 Å². The molecule has 0 bridgehead atoms. The fourth-order valence-corrected chi connectivity index (χ4v) is 1.76. The minimum absolute atomic E-state index is 0.436. The number of nitrogens with one attached hydrogen (secondary N) is 1. The molecule has 0 aliphatic heterocycles. The van der Waals surface area contributed by atoms with Gasteiger partial charge in [-0.2, -0.15) is 0 Å². The summed E-state index contributed by atoms with van der Waals surface area (Å²) < 4.78 is 0. The van der Waals surface area contributed by atoms with Crippen LogP contribution in [-0.2, 0) is 13.0 Å². The fourth-order valence-electron chi connectivity index (χ4n) is 1.76. The number of nitrogens with zero attached hydrogens (tertiary/aromatic N) is 3. The molecular formula is C15H19N5. The molecule has 0 saturated carbocycles. The summed E-state index contributed by atoms with van der Waals surface area (Å²) in [5, 5.41) is 3.08. The second-order valence-corrected chi connectivity index (χ2v) is 4.47. The van der Waals surface area contributed by atoms with E-state index < -0.39 is 0 Å². The Morgan fingerprint density at radius 2 is 2.05 bits per heavy atom. The van der Waals surface area contributed by atoms with Crippen LogP contribution in [0.2, 0.25) is 0 Å². The van der Waals surface area contributed by atoms with Crippen molar-refractivity contribution in [3.8, 4) is 0 Å². The Kier molecular flexibility index (Phi) is 5.06. The summed E-state index contributed by atoms with van der Waals surface area (Å²) in [7, 11) is 0. The van der Waals surface area contributed by atoms with Crippen LogP contribution in [0.25, 0.3) is 0 Å². The predicted molar refractivity (Wildman–Crippen MR) is 80.2 cm³/mol. The van der Waals surface area contributed by atoms with Gasteiger partial charge in [-0.3, -0.25) is 9.97 Å². The maximum absolute atomic E-state index is 5.83. The van der Waals surface area contributed by atoms with Crippen molar-refractivity contribution in [3.05, 3.63) is 59.7 Å². The molecule has 0 spiro atoms. The van der Waals surface area contributed by atoms with Crippen LogP contribution in [0.4, 0.5) is 0 Å². The quantitative estimate of drug-likeness (QED) is 0.636. The molecule has 3 N–H and O–H groups in total. The van der Waals surface area contributed by atoms with Gasteiger partial charge in [0, 0.05) is 31.1 Å². The lowest BCUT2D eigenvalue weighted by Crippen LogP contribution is -2.33. The molecular weight excluding hydrogens is 250 g/mol. The van der Waals surface area contributed by atoms with Crippen LogP contribution in [0.3, 0.4) is 0 Å². The summed E-state index contributed by atoms with van der Waals surface area (Å²) in [5.74, 6) is 0.436. The Bertz CT molecular complexity index is 565. The Hall–Kier alpha value is -2.43. The highest BCUT2D eigenvalue weighted by molar-refractivity contribution is 5.77.